The summed E-state index contributed by atoms with van der Waals surface area (Å²) >= 11 is 0. The summed E-state index contributed by atoms with van der Waals surface area (Å²) in [5, 5.41) is 3.64. The highest BCUT2D eigenvalue weighted by Crippen LogP contribution is 2.41. The van der Waals surface area contributed by atoms with E-state index in [4.69, 9.17) is 0 Å². The van der Waals surface area contributed by atoms with Crippen LogP contribution in [0.5, 0.6) is 0 Å². The Kier molecular flexibility index (Phi) is 6.43. The normalized spacial score (nSPS) is 16.5. The Labute approximate surface area is 196 Å². The summed E-state index contributed by atoms with van der Waals surface area (Å²) in [5.41, 5.74) is 2.00. The first-order valence-electron chi connectivity index (χ1n) is 10.4. The lowest BCUT2D eigenvalue weighted by atomic mass is 9.97. The Balaban J connectivity index is 1.60. The molecule has 10 heteroatoms. The number of amides is 1. The van der Waals surface area contributed by atoms with Gasteiger partial charge in [-0.05, 0) is 24.1 Å². The minimum absolute atomic E-state index is 0.0357. The summed E-state index contributed by atoms with van der Waals surface area (Å²) in [6.07, 6.45) is 5.11. The highest BCUT2D eigenvalue weighted by Gasteiger charge is 2.34. The van der Waals surface area contributed by atoms with Crippen LogP contribution in [0.3, 0.4) is 0 Å². The third-order valence-corrected chi connectivity index (χ3v) is 6.07. The van der Waals surface area contributed by atoms with Gasteiger partial charge >= 0.3 is 0 Å². The Morgan fingerprint density at radius 1 is 1.12 bits per heavy atom. The molecule has 0 fully saturated rings. The molecule has 176 valence electrons. The van der Waals surface area contributed by atoms with Crippen LogP contribution in [0.1, 0.15) is 40.1 Å². The summed E-state index contributed by atoms with van der Waals surface area (Å²) in [7, 11) is -3.31. The molecule has 0 bridgehead atoms. The number of benzene rings is 2. The summed E-state index contributed by atoms with van der Waals surface area (Å²) < 4.78 is 51.2. The molecule has 3 aromatic rings. The summed E-state index contributed by atoms with van der Waals surface area (Å²) in [4.78, 5) is 22.8. The van der Waals surface area contributed by atoms with E-state index in [9.17, 15) is 22.0 Å². The van der Waals surface area contributed by atoms with E-state index < -0.39 is 39.5 Å². The number of halogens is 2. The number of carbonyl (C=O) groups is 1. The lowest BCUT2D eigenvalue weighted by molar-refractivity contribution is 0.0941. The molecule has 1 aliphatic rings. The van der Waals surface area contributed by atoms with Crippen molar-refractivity contribution in [1.29, 1.82) is 0 Å². The summed E-state index contributed by atoms with van der Waals surface area (Å²) in [6, 6.07) is 10.4. The van der Waals surface area contributed by atoms with Gasteiger partial charge in [0.05, 0.1) is 18.4 Å². The van der Waals surface area contributed by atoms with Crippen LogP contribution in [-0.4, -0.2) is 36.6 Å². The van der Waals surface area contributed by atoms with Crippen molar-refractivity contribution >= 4 is 21.6 Å². The maximum absolute atomic E-state index is 14.7. The molecular weight excluding hydrogens is 462 g/mol. The number of nitrogens with one attached hydrogen (secondary N) is 1. The monoisotopic (exact) mass is 484 g/mol. The molecule has 0 radical (unpaired) electrons. The topological polar surface area (TPSA) is 92.3 Å². The highest BCUT2D eigenvalue weighted by atomic mass is 32.2. The Hall–Kier alpha value is -3.66. The van der Waals surface area contributed by atoms with Gasteiger partial charge < -0.3 is 10.2 Å². The van der Waals surface area contributed by atoms with E-state index >= 15 is 0 Å². The van der Waals surface area contributed by atoms with Crippen molar-refractivity contribution in [1.82, 2.24) is 15.3 Å². The average molecular weight is 485 g/mol. The Morgan fingerprint density at radius 2 is 1.85 bits per heavy atom. The predicted octanol–water partition coefficient (Wildman–Crippen LogP) is 3.54. The van der Waals surface area contributed by atoms with Gasteiger partial charge in [0.25, 0.3) is 5.91 Å². The van der Waals surface area contributed by atoms with Crippen LogP contribution in [0.15, 0.2) is 66.3 Å². The fourth-order valence-corrected chi connectivity index (χ4v) is 4.37. The van der Waals surface area contributed by atoms with Gasteiger partial charge in [-0.15, -0.1) is 0 Å². The van der Waals surface area contributed by atoms with Crippen LogP contribution < -0.4 is 10.2 Å². The first kappa shape index (κ1) is 23.5. The van der Waals surface area contributed by atoms with E-state index in [1.54, 1.807) is 17.9 Å². The second-order valence-corrected chi connectivity index (χ2v) is 9.98. The molecule has 2 atom stereocenters. The molecule has 7 nitrogen and oxygen atoms in total. The lowest BCUT2D eigenvalue weighted by Crippen LogP contribution is -2.32. The van der Waals surface area contributed by atoms with Gasteiger partial charge in [-0.1, -0.05) is 42.5 Å². The highest BCUT2D eigenvalue weighted by molar-refractivity contribution is 7.93. The number of anilines is 1. The van der Waals surface area contributed by atoms with Crippen LogP contribution in [0, 0.1) is 11.6 Å². The van der Waals surface area contributed by atoms with E-state index in [0.717, 1.165) is 28.9 Å². The zero-order chi connectivity index (χ0) is 24.5. The smallest absolute Gasteiger partial charge is 0.271 e. The molecule has 0 saturated carbocycles. The second kappa shape index (κ2) is 9.30. The molecule has 34 heavy (non-hydrogen) atoms. The van der Waals surface area contributed by atoms with E-state index in [0.29, 0.717) is 12.4 Å². The molecule has 0 aliphatic carbocycles. The van der Waals surface area contributed by atoms with Crippen molar-refractivity contribution in [2.24, 2.45) is 0 Å². The number of rotatable bonds is 6. The van der Waals surface area contributed by atoms with Crippen molar-refractivity contribution in [2.45, 2.75) is 25.6 Å². The van der Waals surface area contributed by atoms with Gasteiger partial charge in [-0.2, -0.15) is 0 Å². The number of fused-ring (bicyclic) bond motifs is 1. The molecule has 1 aromatic heterocycles. The first-order chi connectivity index (χ1) is 16.1. The van der Waals surface area contributed by atoms with Gasteiger partial charge in [0.15, 0.2) is 21.5 Å². The van der Waals surface area contributed by atoms with Gasteiger partial charge in [0.2, 0.25) is 0 Å². The van der Waals surface area contributed by atoms with Crippen LogP contribution in [0.2, 0.25) is 0 Å². The van der Waals surface area contributed by atoms with Gasteiger partial charge in [0.1, 0.15) is 11.5 Å². The standard InChI is InChI=1S/C24H22F2N4O3S/c1-15(10-11-34(2,32)33)29-24(31)20-12-28-21(13-27-20)30-14-16-6-3-4-7-17(16)23(30)18-8-5-9-19(25)22(18)26/h3-13,15,23H,14H2,1-2H3,(H,29,31)/b11-10+/t15-,23?/m1/s1. The zero-order valence-corrected chi connectivity index (χ0v) is 19.3. The Morgan fingerprint density at radius 3 is 2.56 bits per heavy atom. The molecule has 1 N–H and O–H groups in total. The molecule has 0 spiro atoms. The number of sulfone groups is 1. The van der Waals surface area contributed by atoms with E-state index in [-0.39, 0.29) is 11.3 Å². The Bertz CT molecular complexity index is 1360. The minimum atomic E-state index is -3.31. The van der Waals surface area contributed by atoms with Crippen LogP contribution in [-0.2, 0) is 16.4 Å². The van der Waals surface area contributed by atoms with Gasteiger partial charge in [-0.25, -0.2) is 27.2 Å². The molecule has 1 unspecified atom stereocenters. The lowest BCUT2D eigenvalue weighted by Gasteiger charge is -2.27. The van der Waals surface area contributed by atoms with E-state index in [1.807, 2.05) is 24.3 Å². The molecule has 2 aromatic carbocycles. The number of hydrogen-bond acceptors (Lipinski definition) is 6. The molecule has 0 saturated heterocycles. The summed E-state index contributed by atoms with van der Waals surface area (Å²) in [5.74, 6) is -1.98. The van der Waals surface area contributed by atoms with Gasteiger partial charge in [0, 0.05) is 29.8 Å². The maximum Gasteiger partial charge on any atom is 0.271 e. The van der Waals surface area contributed by atoms with Gasteiger partial charge in [-0.3, -0.25) is 4.79 Å². The quantitative estimate of drug-likeness (QED) is 0.576. The molecule has 1 amide bonds. The number of carbonyl (C=O) groups excluding carboxylic acids is 1. The zero-order valence-electron chi connectivity index (χ0n) is 18.4. The number of nitrogens with zero attached hydrogens (tertiary/aromatic N) is 3. The van der Waals surface area contributed by atoms with Crippen molar-refractivity contribution in [3.8, 4) is 0 Å². The third-order valence-electron chi connectivity index (χ3n) is 5.42. The third kappa shape index (κ3) is 4.96. The van der Waals surface area contributed by atoms with E-state index in [2.05, 4.69) is 15.3 Å². The number of hydrogen-bond donors (Lipinski definition) is 1. The molecule has 1 aliphatic heterocycles. The minimum Gasteiger partial charge on any atom is -0.345 e. The van der Waals surface area contributed by atoms with Crippen molar-refractivity contribution in [3.63, 3.8) is 0 Å². The van der Waals surface area contributed by atoms with Crippen molar-refractivity contribution < 1.29 is 22.0 Å². The molecular formula is C24H22F2N4O3S. The molecule has 4 rings (SSSR count). The summed E-state index contributed by atoms with van der Waals surface area (Å²) in [6.45, 7) is 2.03. The SMILES string of the molecule is C[C@H](/C=C/S(C)(=O)=O)NC(=O)c1cnc(N2Cc3ccccc3C2c2cccc(F)c2F)cn1. The fourth-order valence-electron chi connectivity index (χ4n) is 3.84. The fraction of sp³-hybridized carbons (Fsp3) is 0.208. The first-order valence-corrected chi connectivity index (χ1v) is 12.4. The van der Waals surface area contributed by atoms with Crippen LogP contribution in [0.4, 0.5) is 14.6 Å². The molecule has 2 heterocycles. The van der Waals surface area contributed by atoms with Crippen molar-refractivity contribution in [2.75, 3.05) is 11.2 Å². The van der Waals surface area contributed by atoms with Crippen LogP contribution >= 0.6 is 0 Å². The number of aromatic nitrogens is 2. The largest absolute Gasteiger partial charge is 0.345 e. The van der Waals surface area contributed by atoms with Crippen molar-refractivity contribution in [3.05, 3.63) is 100 Å². The van der Waals surface area contributed by atoms with Crippen LogP contribution in [0.25, 0.3) is 0 Å². The second-order valence-electron chi connectivity index (χ2n) is 8.05. The predicted molar refractivity (Wildman–Crippen MR) is 124 cm³/mol. The maximum atomic E-state index is 14.7. The average Bonchev–Trinajstić information content (AvgIpc) is 3.18. The van der Waals surface area contributed by atoms with E-state index in [1.165, 1.54) is 24.5 Å².